The van der Waals surface area contributed by atoms with Crippen LogP contribution in [0.4, 0.5) is 0 Å². The Balaban J connectivity index is 2.27. The van der Waals surface area contributed by atoms with E-state index >= 15 is 0 Å². The van der Waals surface area contributed by atoms with E-state index in [-0.39, 0.29) is 12.5 Å². The molecule has 1 aromatic rings. The summed E-state index contributed by atoms with van der Waals surface area (Å²) < 4.78 is 10.4. The molecule has 0 saturated heterocycles. The molecule has 0 atom stereocenters. The molecule has 1 amide bonds. The highest BCUT2D eigenvalue weighted by molar-refractivity contribution is 5.77. The van der Waals surface area contributed by atoms with E-state index in [0.717, 1.165) is 37.2 Å². The van der Waals surface area contributed by atoms with E-state index in [2.05, 4.69) is 17.6 Å². The minimum absolute atomic E-state index is 0.0405. The van der Waals surface area contributed by atoms with Crippen LogP contribution in [0.15, 0.2) is 24.3 Å². The predicted octanol–water partition coefficient (Wildman–Crippen LogP) is 1.72. The van der Waals surface area contributed by atoms with Crippen molar-refractivity contribution in [3.63, 3.8) is 0 Å². The number of benzene rings is 1. The van der Waals surface area contributed by atoms with Crippen molar-refractivity contribution >= 4 is 5.91 Å². The number of carbonyl (C=O) groups excluding carboxylic acids is 1. The van der Waals surface area contributed by atoms with Gasteiger partial charge in [0, 0.05) is 26.8 Å². The summed E-state index contributed by atoms with van der Waals surface area (Å²) >= 11 is 0. The van der Waals surface area contributed by atoms with E-state index in [1.807, 2.05) is 24.3 Å². The lowest BCUT2D eigenvalue weighted by molar-refractivity contribution is -0.123. The molecule has 0 heterocycles. The van der Waals surface area contributed by atoms with Gasteiger partial charge in [-0.25, -0.2) is 0 Å². The first kappa shape index (κ1) is 17.5. The summed E-state index contributed by atoms with van der Waals surface area (Å²) in [5.41, 5.74) is 1.15. The van der Waals surface area contributed by atoms with Crippen molar-refractivity contribution in [2.45, 2.75) is 26.3 Å². The maximum atomic E-state index is 11.6. The lowest BCUT2D eigenvalue weighted by atomic mass is 10.2. The summed E-state index contributed by atoms with van der Waals surface area (Å²) in [7, 11) is 1.65. The molecule has 0 aromatic heterocycles. The molecule has 0 radical (unpaired) electrons. The summed E-state index contributed by atoms with van der Waals surface area (Å²) in [4.78, 5) is 11.6. The first-order valence-corrected chi connectivity index (χ1v) is 7.44. The second kappa shape index (κ2) is 11.1. The zero-order valence-corrected chi connectivity index (χ0v) is 13.0. The molecule has 0 spiro atoms. The Labute approximate surface area is 127 Å². The zero-order valence-electron chi connectivity index (χ0n) is 13.0. The van der Waals surface area contributed by atoms with E-state index in [9.17, 15) is 4.79 Å². The highest BCUT2D eigenvalue weighted by Gasteiger charge is 2.03. The number of hydrogen-bond acceptors (Lipinski definition) is 4. The Bertz CT molecular complexity index is 410. The van der Waals surface area contributed by atoms with Gasteiger partial charge in [-0.2, -0.15) is 0 Å². The van der Waals surface area contributed by atoms with Gasteiger partial charge in [-0.15, -0.1) is 0 Å². The highest BCUT2D eigenvalue weighted by atomic mass is 16.5. The molecule has 21 heavy (non-hydrogen) atoms. The average molecular weight is 294 g/mol. The quantitative estimate of drug-likeness (QED) is 0.610. The van der Waals surface area contributed by atoms with E-state index in [1.54, 1.807) is 7.11 Å². The lowest BCUT2D eigenvalue weighted by Gasteiger charge is -2.09. The predicted molar refractivity (Wildman–Crippen MR) is 83.4 cm³/mol. The molecule has 0 fully saturated rings. The van der Waals surface area contributed by atoms with Gasteiger partial charge < -0.3 is 20.1 Å². The number of methoxy groups -OCH3 is 1. The van der Waals surface area contributed by atoms with E-state index in [4.69, 9.17) is 9.47 Å². The SMILES string of the molecule is CCCNCc1cccc(OCC(=O)NCCCOC)c1. The summed E-state index contributed by atoms with van der Waals surface area (Å²) in [5, 5.41) is 6.12. The Morgan fingerprint density at radius 2 is 2.14 bits per heavy atom. The van der Waals surface area contributed by atoms with Gasteiger partial charge in [-0.05, 0) is 37.1 Å². The van der Waals surface area contributed by atoms with Gasteiger partial charge >= 0.3 is 0 Å². The summed E-state index contributed by atoms with van der Waals surface area (Å²) in [6.07, 6.45) is 1.92. The van der Waals surface area contributed by atoms with Crippen LogP contribution in [0.2, 0.25) is 0 Å². The molecule has 5 heteroatoms. The number of nitrogens with one attached hydrogen (secondary N) is 2. The van der Waals surface area contributed by atoms with Crippen molar-refractivity contribution in [1.29, 1.82) is 0 Å². The van der Waals surface area contributed by atoms with Gasteiger partial charge in [0.2, 0.25) is 0 Å². The van der Waals surface area contributed by atoms with Crippen molar-refractivity contribution < 1.29 is 14.3 Å². The van der Waals surface area contributed by atoms with Crippen molar-refractivity contribution in [3.8, 4) is 5.75 Å². The largest absolute Gasteiger partial charge is 0.484 e. The molecule has 1 aromatic carbocycles. The van der Waals surface area contributed by atoms with Crippen LogP contribution in [-0.2, 0) is 16.1 Å². The fraction of sp³-hybridized carbons (Fsp3) is 0.562. The number of ether oxygens (including phenoxy) is 2. The Hall–Kier alpha value is -1.59. The smallest absolute Gasteiger partial charge is 0.257 e. The molecule has 0 bridgehead atoms. The van der Waals surface area contributed by atoms with Crippen LogP contribution in [0, 0.1) is 0 Å². The Morgan fingerprint density at radius 1 is 1.29 bits per heavy atom. The maximum Gasteiger partial charge on any atom is 0.257 e. The fourth-order valence-corrected chi connectivity index (χ4v) is 1.80. The Kier molecular flexibility index (Phi) is 9.24. The highest BCUT2D eigenvalue weighted by Crippen LogP contribution is 2.13. The van der Waals surface area contributed by atoms with Gasteiger partial charge in [-0.3, -0.25) is 4.79 Å². The first-order chi connectivity index (χ1) is 10.3. The van der Waals surface area contributed by atoms with Crippen LogP contribution in [0.1, 0.15) is 25.3 Å². The van der Waals surface area contributed by atoms with Crippen molar-refractivity contribution in [2.75, 3.05) is 33.4 Å². The number of carbonyl (C=O) groups is 1. The van der Waals surface area contributed by atoms with E-state index in [0.29, 0.717) is 13.2 Å². The third kappa shape index (κ3) is 8.32. The van der Waals surface area contributed by atoms with Crippen molar-refractivity contribution in [1.82, 2.24) is 10.6 Å². The normalized spacial score (nSPS) is 10.4. The second-order valence-electron chi connectivity index (χ2n) is 4.81. The molecule has 0 saturated carbocycles. The monoisotopic (exact) mass is 294 g/mol. The fourth-order valence-electron chi connectivity index (χ4n) is 1.80. The molecule has 0 aliphatic heterocycles. The molecule has 1 rings (SSSR count). The Morgan fingerprint density at radius 3 is 2.90 bits per heavy atom. The standard InChI is InChI=1S/C16H26N2O3/c1-3-8-17-12-14-6-4-7-15(11-14)21-13-16(19)18-9-5-10-20-2/h4,6-7,11,17H,3,5,8-10,12-13H2,1-2H3,(H,18,19). The van der Waals surface area contributed by atoms with Crippen LogP contribution in [0.5, 0.6) is 5.75 Å². The topological polar surface area (TPSA) is 59.6 Å². The minimum Gasteiger partial charge on any atom is -0.484 e. The van der Waals surface area contributed by atoms with Crippen LogP contribution in [-0.4, -0.2) is 39.3 Å². The lowest BCUT2D eigenvalue weighted by Crippen LogP contribution is -2.30. The van der Waals surface area contributed by atoms with Gasteiger partial charge in [0.1, 0.15) is 5.75 Å². The minimum atomic E-state index is -0.111. The molecule has 0 aliphatic rings. The van der Waals surface area contributed by atoms with Crippen LogP contribution >= 0.6 is 0 Å². The van der Waals surface area contributed by atoms with Crippen molar-refractivity contribution in [2.24, 2.45) is 0 Å². The number of rotatable bonds is 11. The third-order valence-corrected chi connectivity index (χ3v) is 2.87. The second-order valence-corrected chi connectivity index (χ2v) is 4.81. The molecular weight excluding hydrogens is 268 g/mol. The maximum absolute atomic E-state index is 11.6. The molecule has 118 valence electrons. The molecule has 5 nitrogen and oxygen atoms in total. The summed E-state index contributed by atoms with van der Waals surface area (Å²) in [6.45, 7) is 5.24. The van der Waals surface area contributed by atoms with E-state index < -0.39 is 0 Å². The molecule has 0 unspecified atom stereocenters. The van der Waals surface area contributed by atoms with Gasteiger partial charge in [-0.1, -0.05) is 19.1 Å². The van der Waals surface area contributed by atoms with Crippen LogP contribution in [0.3, 0.4) is 0 Å². The number of hydrogen-bond donors (Lipinski definition) is 2. The molecular formula is C16H26N2O3. The van der Waals surface area contributed by atoms with Gasteiger partial charge in [0.15, 0.2) is 6.61 Å². The van der Waals surface area contributed by atoms with Crippen LogP contribution in [0.25, 0.3) is 0 Å². The van der Waals surface area contributed by atoms with Crippen LogP contribution < -0.4 is 15.4 Å². The molecule has 0 aliphatic carbocycles. The summed E-state index contributed by atoms with van der Waals surface area (Å²) in [5.74, 6) is 0.610. The molecule has 2 N–H and O–H groups in total. The average Bonchev–Trinajstić information content (AvgIpc) is 2.50. The number of amides is 1. The zero-order chi connectivity index (χ0) is 15.3. The van der Waals surface area contributed by atoms with Crippen molar-refractivity contribution in [3.05, 3.63) is 29.8 Å². The van der Waals surface area contributed by atoms with Gasteiger partial charge in [0.25, 0.3) is 5.91 Å². The van der Waals surface area contributed by atoms with E-state index in [1.165, 1.54) is 0 Å². The first-order valence-electron chi connectivity index (χ1n) is 7.44. The third-order valence-electron chi connectivity index (χ3n) is 2.87. The summed E-state index contributed by atoms with van der Waals surface area (Å²) in [6, 6.07) is 7.80. The van der Waals surface area contributed by atoms with Gasteiger partial charge in [0.05, 0.1) is 0 Å².